The Morgan fingerprint density at radius 1 is 1.13 bits per heavy atom. The fourth-order valence-corrected chi connectivity index (χ4v) is 2.70. The number of rotatable bonds is 5. The average Bonchev–Trinajstić information content (AvgIpc) is 2.55. The Morgan fingerprint density at radius 2 is 1.83 bits per heavy atom. The first kappa shape index (κ1) is 17.3. The minimum absolute atomic E-state index is 0.195. The van der Waals surface area contributed by atoms with Gasteiger partial charge < -0.3 is 15.4 Å². The van der Waals surface area contributed by atoms with Crippen LogP contribution in [0.25, 0.3) is 0 Å². The lowest BCUT2D eigenvalue weighted by atomic mass is 9.88. The van der Waals surface area contributed by atoms with Gasteiger partial charge in [-0.2, -0.15) is 0 Å². The van der Waals surface area contributed by atoms with Crippen molar-refractivity contribution in [3.8, 4) is 5.75 Å². The molecule has 0 heterocycles. The minimum Gasteiger partial charge on any atom is -0.497 e. The van der Waals surface area contributed by atoms with Gasteiger partial charge in [0.05, 0.1) is 7.11 Å². The highest BCUT2D eigenvalue weighted by atomic mass is 16.5. The van der Waals surface area contributed by atoms with Gasteiger partial charge >= 0.3 is 0 Å². The molecule has 0 spiro atoms. The molecule has 0 radical (unpaired) electrons. The van der Waals surface area contributed by atoms with Crippen molar-refractivity contribution in [3.05, 3.63) is 24.3 Å². The van der Waals surface area contributed by atoms with Crippen molar-refractivity contribution in [2.45, 2.75) is 52.0 Å². The van der Waals surface area contributed by atoms with E-state index in [0.29, 0.717) is 11.4 Å². The second-order valence-electron chi connectivity index (χ2n) is 6.62. The maximum absolute atomic E-state index is 12.5. The van der Waals surface area contributed by atoms with Crippen LogP contribution in [0.1, 0.15) is 46.0 Å². The molecule has 126 valence electrons. The number of methoxy groups -OCH3 is 1. The molecule has 1 saturated carbocycles. The van der Waals surface area contributed by atoms with Crippen molar-refractivity contribution in [2.24, 2.45) is 5.41 Å². The van der Waals surface area contributed by atoms with E-state index >= 15 is 0 Å². The first-order valence-corrected chi connectivity index (χ1v) is 8.20. The number of benzene rings is 1. The Morgan fingerprint density at radius 3 is 2.48 bits per heavy atom. The monoisotopic (exact) mass is 318 g/mol. The van der Waals surface area contributed by atoms with Gasteiger partial charge in [-0.15, -0.1) is 0 Å². The van der Waals surface area contributed by atoms with Gasteiger partial charge in [-0.1, -0.05) is 25.3 Å². The van der Waals surface area contributed by atoms with E-state index in [9.17, 15) is 9.59 Å². The highest BCUT2D eigenvalue weighted by Crippen LogP contribution is 2.24. The molecular weight excluding hydrogens is 292 g/mol. The summed E-state index contributed by atoms with van der Waals surface area (Å²) in [6.45, 7) is 3.31. The summed E-state index contributed by atoms with van der Waals surface area (Å²) in [7, 11) is 1.57. The average molecular weight is 318 g/mol. The van der Waals surface area contributed by atoms with Gasteiger partial charge in [-0.05, 0) is 38.8 Å². The third kappa shape index (κ3) is 4.47. The zero-order valence-electron chi connectivity index (χ0n) is 14.1. The third-order valence-corrected chi connectivity index (χ3v) is 4.40. The van der Waals surface area contributed by atoms with Crippen molar-refractivity contribution < 1.29 is 14.3 Å². The molecule has 5 heteroatoms. The molecule has 1 aromatic carbocycles. The van der Waals surface area contributed by atoms with E-state index in [4.69, 9.17) is 4.74 Å². The van der Waals surface area contributed by atoms with Crippen LogP contribution >= 0.6 is 0 Å². The zero-order chi connectivity index (χ0) is 16.9. The van der Waals surface area contributed by atoms with Crippen molar-refractivity contribution in [3.63, 3.8) is 0 Å². The van der Waals surface area contributed by atoms with Crippen molar-refractivity contribution >= 4 is 17.5 Å². The number of nitrogens with one attached hydrogen (secondary N) is 2. The summed E-state index contributed by atoms with van der Waals surface area (Å²) in [5.41, 5.74) is -0.506. The standard InChI is InChI=1S/C18H26N2O3/c1-18(2,16(21)19-13-8-5-4-6-9-13)17(22)20-14-10-7-11-15(12-14)23-3/h7,10-13H,4-6,8-9H2,1-3H3,(H,19,21)(H,20,22). The summed E-state index contributed by atoms with van der Waals surface area (Å²) in [4.78, 5) is 25.0. The lowest BCUT2D eigenvalue weighted by molar-refractivity contribution is -0.139. The third-order valence-electron chi connectivity index (χ3n) is 4.40. The number of carbonyl (C=O) groups is 2. The highest BCUT2D eigenvalue weighted by molar-refractivity contribution is 6.09. The molecule has 0 aliphatic heterocycles. The number of ether oxygens (including phenoxy) is 1. The molecule has 0 atom stereocenters. The van der Waals surface area contributed by atoms with E-state index in [0.717, 1.165) is 25.7 Å². The van der Waals surface area contributed by atoms with Crippen LogP contribution < -0.4 is 15.4 Å². The van der Waals surface area contributed by atoms with E-state index in [1.807, 2.05) is 0 Å². The van der Waals surface area contributed by atoms with Crippen molar-refractivity contribution in [1.82, 2.24) is 5.32 Å². The zero-order valence-corrected chi connectivity index (χ0v) is 14.1. The van der Waals surface area contributed by atoms with Gasteiger partial charge in [-0.3, -0.25) is 9.59 Å². The SMILES string of the molecule is COc1cccc(NC(=O)C(C)(C)C(=O)NC2CCCCC2)c1. The molecule has 2 rings (SSSR count). The van der Waals surface area contributed by atoms with Crippen LogP contribution in [0.4, 0.5) is 5.69 Å². The quantitative estimate of drug-likeness (QED) is 0.820. The summed E-state index contributed by atoms with van der Waals surface area (Å²) in [5, 5.41) is 5.82. The summed E-state index contributed by atoms with van der Waals surface area (Å²) < 4.78 is 5.14. The highest BCUT2D eigenvalue weighted by Gasteiger charge is 2.37. The van der Waals surface area contributed by atoms with E-state index < -0.39 is 5.41 Å². The molecule has 0 aromatic heterocycles. The predicted octanol–water partition coefficient (Wildman–Crippen LogP) is 3.11. The predicted molar refractivity (Wildman–Crippen MR) is 90.4 cm³/mol. The Bertz CT molecular complexity index is 563. The largest absolute Gasteiger partial charge is 0.497 e. The second kappa shape index (κ2) is 7.49. The van der Waals surface area contributed by atoms with Gasteiger partial charge in [0.2, 0.25) is 11.8 Å². The van der Waals surface area contributed by atoms with Crippen LogP contribution in [0, 0.1) is 5.41 Å². The van der Waals surface area contributed by atoms with Crippen molar-refractivity contribution in [2.75, 3.05) is 12.4 Å². The first-order chi connectivity index (χ1) is 10.9. The minimum atomic E-state index is -1.12. The molecule has 0 unspecified atom stereocenters. The maximum Gasteiger partial charge on any atom is 0.239 e. The van der Waals surface area contributed by atoms with Gasteiger partial charge in [0.15, 0.2) is 0 Å². The maximum atomic E-state index is 12.5. The topological polar surface area (TPSA) is 67.4 Å². The van der Waals surface area contributed by atoms with Gasteiger partial charge in [-0.25, -0.2) is 0 Å². The van der Waals surface area contributed by atoms with Gasteiger partial charge in [0, 0.05) is 17.8 Å². The van der Waals surface area contributed by atoms with E-state index in [2.05, 4.69) is 10.6 Å². The van der Waals surface area contributed by atoms with Crippen LogP contribution in [0.3, 0.4) is 0 Å². The molecule has 2 amide bonds. The van der Waals surface area contributed by atoms with E-state index in [1.165, 1.54) is 6.42 Å². The second-order valence-corrected chi connectivity index (χ2v) is 6.62. The Kier molecular flexibility index (Phi) is 5.64. The molecule has 1 aliphatic carbocycles. The van der Waals surface area contributed by atoms with Crippen LogP contribution in [0.5, 0.6) is 5.75 Å². The van der Waals surface area contributed by atoms with Crippen LogP contribution in [0.2, 0.25) is 0 Å². The van der Waals surface area contributed by atoms with E-state index in [-0.39, 0.29) is 17.9 Å². The fourth-order valence-electron chi connectivity index (χ4n) is 2.70. The van der Waals surface area contributed by atoms with E-state index in [1.54, 1.807) is 45.2 Å². The summed E-state index contributed by atoms with van der Waals surface area (Å²) in [6.07, 6.45) is 5.51. The fraction of sp³-hybridized carbons (Fsp3) is 0.556. The van der Waals surface area contributed by atoms with Gasteiger partial charge in [0.1, 0.15) is 11.2 Å². The molecule has 2 N–H and O–H groups in total. The normalized spacial score (nSPS) is 15.8. The molecule has 1 aromatic rings. The smallest absolute Gasteiger partial charge is 0.239 e. The van der Waals surface area contributed by atoms with Gasteiger partial charge in [0.25, 0.3) is 0 Å². The van der Waals surface area contributed by atoms with Crippen LogP contribution in [-0.4, -0.2) is 25.0 Å². The molecule has 23 heavy (non-hydrogen) atoms. The lowest BCUT2D eigenvalue weighted by Gasteiger charge is -2.28. The summed E-state index contributed by atoms with van der Waals surface area (Å²) in [6, 6.07) is 7.29. The molecule has 5 nitrogen and oxygen atoms in total. The molecular formula is C18H26N2O3. The number of hydrogen-bond donors (Lipinski definition) is 2. The molecule has 1 fully saturated rings. The Hall–Kier alpha value is -2.04. The van der Waals surface area contributed by atoms with Crippen LogP contribution in [0.15, 0.2) is 24.3 Å². The summed E-state index contributed by atoms with van der Waals surface area (Å²) >= 11 is 0. The summed E-state index contributed by atoms with van der Waals surface area (Å²) in [5.74, 6) is 0.121. The Labute approximate surface area is 137 Å². The number of anilines is 1. The number of carbonyl (C=O) groups excluding carboxylic acids is 2. The first-order valence-electron chi connectivity index (χ1n) is 8.20. The number of hydrogen-bond acceptors (Lipinski definition) is 3. The molecule has 0 bridgehead atoms. The molecule has 0 saturated heterocycles. The number of amides is 2. The van der Waals surface area contributed by atoms with Crippen LogP contribution in [-0.2, 0) is 9.59 Å². The Balaban J connectivity index is 1.98. The van der Waals surface area contributed by atoms with Crippen molar-refractivity contribution in [1.29, 1.82) is 0 Å². The lowest BCUT2D eigenvalue weighted by Crippen LogP contribution is -2.49. The molecule has 1 aliphatic rings.